The topological polar surface area (TPSA) is 40.5 Å². The summed E-state index contributed by atoms with van der Waals surface area (Å²) in [7, 11) is 0. The Kier molecular flexibility index (Phi) is 4.32. The van der Waals surface area contributed by atoms with Gasteiger partial charge in [-0.2, -0.15) is 0 Å². The summed E-state index contributed by atoms with van der Waals surface area (Å²) in [5, 5.41) is 20.0. The average molecular weight is 296 g/mol. The molecule has 0 amide bonds. The quantitative estimate of drug-likeness (QED) is 0.802. The Balaban J connectivity index is 2.71. The monoisotopic (exact) mass is 296 g/mol. The molecule has 0 spiro atoms. The molecule has 0 saturated carbocycles. The molecule has 2 aromatic rings. The van der Waals surface area contributed by atoms with E-state index in [9.17, 15) is 10.2 Å². The number of benzene rings is 2. The van der Waals surface area contributed by atoms with Crippen molar-refractivity contribution in [3.05, 3.63) is 63.2 Å². The van der Waals surface area contributed by atoms with Crippen molar-refractivity contribution in [3.8, 4) is 11.5 Å². The molecule has 2 aromatic carbocycles. The van der Waals surface area contributed by atoms with Crippen LogP contribution >= 0.6 is 0 Å². The Bertz CT molecular complexity index is 658. The second-order valence-corrected chi connectivity index (χ2v) is 6.29. The lowest BCUT2D eigenvalue weighted by Crippen LogP contribution is -1.95. The Morgan fingerprint density at radius 3 is 1.14 bits per heavy atom. The molecule has 0 unspecified atom stereocenters. The molecule has 0 aliphatic carbocycles. The van der Waals surface area contributed by atoms with Gasteiger partial charge in [-0.25, -0.2) is 0 Å². The van der Waals surface area contributed by atoms with Crippen LogP contribution in [0.15, 0.2) is 29.8 Å². The minimum absolute atomic E-state index is 0.356. The average Bonchev–Trinajstić information content (AvgIpc) is 2.41. The molecule has 0 radical (unpaired) electrons. The zero-order chi connectivity index (χ0) is 16.6. The van der Waals surface area contributed by atoms with E-state index in [-0.39, 0.29) is 0 Å². The number of phenolic OH excluding ortho intramolecular Hbond substituents is 2. The summed E-state index contributed by atoms with van der Waals surface area (Å²) in [4.78, 5) is 0. The van der Waals surface area contributed by atoms with Crippen LogP contribution in [0.25, 0.3) is 5.57 Å². The number of aryl methyl sites for hydroxylation is 4. The van der Waals surface area contributed by atoms with Crippen molar-refractivity contribution in [2.45, 2.75) is 41.5 Å². The van der Waals surface area contributed by atoms with Gasteiger partial charge >= 0.3 is 0 Å². The Morgan fingerprint density at radius 2 is 0.909 bits per heavy atom. The van der Waals surface area contributed by atoms with E-state index >= 15 is 0 Å². The lowest BCUT2D eigenvalue weighted by Gasteiger charge is -2.16. The fourth-order valence-corrected chi connectivity index (χ4v) is 2.94. The molecule has 0 bridgehead atoms. The molecule has 116 valence electrons. The fraction of sp³-hybridized carbons (Fsp3) is 0.300. The van der Waals surface area contributed by atoms with Crippen LogP contribution in [-0.4, -0.2) is 10.2 Å². The van der Waals surface area contributed by atoms with Crippen molar-refractivity contribution in [2.24, 2.45) is 0 Å². The van der Waals surface area contributed by atoms with E-state index in [0.717, 1.165) is 39.0 Å². The van der Waals surface area contributed by atoms with Crippen molar-refractivity contribution in [2.75, 3.05) is 0 Å². The number of hydrogen-bond acceptors (Lipinski definition) is 2. The van der Waals surface area contributed by atoms with E-state index in [4.69, 9.17) is 0 Å². The lowest BCUT2D eigenvalue weighted by molar-refractivity contribution is 0.466. The molecule has 2 nitrogen and oxygen atoms in total. The highest BCUT2D eigenvalue weighted by Crippen LogP contribution is 2.35. The van der Waals surface area contributed by atoms with E-state index in [2.05, 4.69) is 13.8 Å². The normalized spacial score (nSPS) is 10.6. The molecule has 0 heterocycles. The standard InChI is InChI=1S/C20H24O2/c1-11(2)18(16-7-12(3)19(21)13(4)8-16)17-9-14(5)20(22)15(6)10-17/h7-10,21-22H,1-6H3. The zero-order valence-electron chi connectivity index (χ0n) is 14.2. The van der Waals surface area contributed by atoms with Gasteiger partial charge in [0.1, 0.15) is 11.5 Å². The van der Waals surface area contributed by atoms with Crippen LogP contribution in [0.1, 0.15) is 47.2 Å². The van der Waals surface area contributed by atoms with Crippen LogP contribution < -0.4 is 0 Å². The van der Waals surface area contributed by atoms with Crippen molar-refractivity contribution in [3.63, 3.8) is 0 Å². The SMILES string of the molecule is CC(C)=C(c1cc(C)c(O)c(C)c1)c1cc(C)c(O)c(C)c1. The molecular formula is C20H24O2. The number of hydrogen-bond donors (Lipinski definition) is 2. The van der Waals surface area contributed by atoms with Gasteiger partial charge in [0.25, 0.3) is 0 Å². The van der Waals surface area contributed by atoms with Gasteiger partial charge in [-0.15, -0.1) is 0 Å². The van der Waals surface area contributed by atoms with Crippen LogP contribution in [0.3, 0.4) is 0 Å². The van der Waals surface area contributed by atoms with Crippen LogP contribution in [0, 0.1) is 27.7 Å². The van der Waals surface area contributed by atoms with E-state index < -0.39 is 0 Å². The minimum atomic E-state index is 0.356. The van der Waals surface area contributed by atoms with Gasteiger partial charge in [-0.05, 0) is 105 Å². The number of allylic oxidation sites excluding steroid dienone is 1. The first-order valence-corrected chi connectivity index (χ1v) is 7.51. The fourth-order valence-electron chi connectivity index (χ4n) is 2.94. The molecule has 0 fully saturated rings. The Morgan fingerprint density at radius 1 is 0.636 bits per heavy atom. The number of phenols is 2. The third-order valence-corrected chi connectivity index (χ3v) is 4.06. The summed E-state index contributed by atoms with van der Waals surface area (Å²) in [5.41, 5.74) is 8.05. The predicted molar refractivity (Wildman–Crippen MR) is 92.5 cm³/mol. The van der Waals surface area contributed by atoms with Gasteiger partial charge in [-0.3, -0.25) is 0 Å². The smallest absolute Gasteiger partial charge is 0.121 e. The maximum atomic E-state index is 10.00. The molecule has 0 aromatic heterocycles. The zero-order valence-corrected chi connectivity index (χ0v) is 14.2. The van der Waals surface area contributed by atoms with E-state index in [1.807, 2.05) is 52.0 Å². The third-order valence-electron chi connectivity index (χ3n) is 4.06. The molecule has 22 heavy (non-hydrogen) atoms. The predicted octanol–water partition coefficient (Wildman–Crippen LogP) is 5.17. The first kappa shape index (κ1) is 16.2. The van der Waals surface area contributed by atoms with E-state index in [0.29, 0.717) is 11.5 Å². The van der Waals surface area contributed by atoms with Crippen LogP contribution in [0.2, 0.25) is 0 Å². The number of rotatable bonds is 2. The summed E-state index contributed by atoms with van der Waals surface area (Å²) in [5.74, 6) is 0.713. The Labute approximate surface area is 132 Å². The molecule has 2 heteroatoms. The molecule has 0 atom stereocenters. The minimum Gasteiger partial charge on any atom is -0.507 e. The molecule has 2 N–H and O–H groups in total. The van der Waals surface area contributed by atoms with Crippen LogP contribution in [-0.2, 0) is 0 Å². The summed E-state index contributed by atoms with van der Waals surface area (Å²) >= 11 is 0. The highest BCUT2D eigenvalue weighted by atomic mass is 16.3. The maximum Gasteiger partial charge on any atom is 0.121 e. The van der Waals surface area contributed by atoms with Gasteiger partial charge in [0, 0.05) is 0 Å². The highest BCUT2D eigenvalue weighted by Gasteiger charge is 2.13. The first-order valence-electron chi connectivity index (χ1n) is 7.51. The van der Waals surface area contributed by atoms with Crippen molar-refractivity contribution in [1.29, 1.82) is 0 Å². The largest absolute Gasteiger partial charge is 0.507 e. The summed E-state index contributed by atoms with van der Waals surface area (Å²) in [6, 6.07) is 8.06. The molecule has 0 saturated heterocycles. The first-order chi connectivity index (χ1) is 10.2. The van der Waals surface area contributed by atoms with Crippen molar-refractivity contribution >= 4 is 5.57 Å². The number of aromatic hydroxyl groups is 2. The van der Waals surface area contributed by atoms with Gasteiger partial charge in [0.15, 0.2) is 0 Å². The summed E-state index contributed by atoms with van der Waals surface area (Å²) in [6.45, 7) is 11.8. The molecular weight excluding hydrogens is 272 g/mol. The van der Waals surface area contributed by atoms with Crippen LogP contribution in [0.5, 0.6) is 11.5 Å². The second-order valence-electron chi connectivity index (χ2n) is 6.29. The van der Waals surface area contributed by atoms with Gasteiger partial charge < -0.3 is 10.2 Å². The molecule has 2 rings (SSSR count). The van der Waals surface area contributed by atoms with Gasteiger partial charge in [0.2, 0.25) is 0 Å². The van der Waals surface area contributed by atoms with Gasteiger partial charge in [0.05, 0.1) is 0 Å². The lowest BCUT2D eigenvalue weighted by atomic mass is 9.89. The van der Waals surface area contributed by atoms with Gasteiger partial charge in [-0.1, -0.05) is 5.57 Å². The van der Waals surface area contributed by atoms with E-state index in [1.165, 1.54) is 5.57 Å². The van der Waals surface area contributed by atoms with Crippen LogP contribution in [0.4, 0.5) is 0 Å². The van der Waals surface area contributed by atoms with E-state index in [1.54, 1.807) is 0 Å². The Hall–Kier alpha value is -2.22. The molecule has 0 aliphatic heterocycles. The maximum absolute atomic E-state index is 10.00. The highest BCUT2D eigenvalue weighted by molar-refractivity contribution is 5.83. The summed E-state index contributed by atoms with van der Waals surface area (Å²) < 4.78 is 0. The summed E-state index contributed by atoms with van der Waals surface area (Å²) in [6.07, 6.45) is 0. The molecule has 0 aliphatic rings. The van der Waals surface area contributed by atoms with Crippen molar-refractivity contribution in [1.82, 2.24) is 0 Å². The second kappa shape index (κ2) is 5.88. The third kappa shape index (κ3) is 2.87. The van der Waals surface area contributed by atoms with Crippen molar-refractivity contribution < 1.29 is 10.2 Å².